The molecule has 1 aromatic carbocycles. The van der Waals surface area contributed by atoms with E-state index in [2.05, 4.69) is 10.1 Å². The maximum atomic E-state index is 12.8. The van der Waals surface area contributed by atoms with E-state index in [-0.39, 0.29) is 18.0 Å². The summed E-state index contributed by atoms with van der Waals surface area (Å²) in [4.78, 5) is 31.6. The van der Waals surface area contributed by atoms with Crippen molar-refractivity contribution in [3.05, 3.63) is 52.2 Å². The van der Waals surface area contributed by atoms with Gasteiger partial charge in [-0.15, -0.1) is 0 Å². The highest BCUT2D eigenvalue weighted by molar-refractivity contribution is 6.30. The third-order valence-corrected chi connectivity index (χ3v) is 5.11. The molecule has 0 spiro atoms. The van der Waals surface area contributed by atoms with Crippen molar-refractivity contribution in [2.75, 3.05) is 13.1 Å². The van der Waals surface area contributed by atoms with Crippen LogP contribution in [0.15, 0.2) is 41.6 Å². The summed E-state index contributed by atoms with van der Waals surface area (Å²) in [5.74, 6) is -0.0395. The van der Waals surface area contributed by atoms with Crippen molar-refractivity contribution in [3.8, 4) is 5.69 Å². The summed E-state index contributed by atoms with van der Waals surface area (Å²) in [6, 6.07) is 7.18. The summed E-state index contributed by atoms with van der Waals surface area (Å²) in [6.07, 6.45) is 7.25. The van der Waals surface area contributed by atoms with E-state index in [4.69, 9.17) is 11.6 Å². The lowest BCUT2D eigenvalue weighted by Gasteiger charge is -2.20. The van der Waals surface area contributed by atoms with E-state index in [9.17, 15) is 9.59 Å². The zero-order valence-electron chi connectivity index (χ0n) is 14.8. The molecule has 0 unspecified atom stereocenters. The third-order valence-electron chi connectivity index (χ3n) is 4.87. The molecule has 1 aliphatic rings. The van der Waals surface area contributed by atoms with Gasteiger partial charge in [-0.05, 0) is 31.0 Å². The van der Waals surface area contributed by atoms with Crippen LogP contribution >= 0.6 is 11.6 Å². The second-order valence-corrected chi connectivity index (χ2v) is 7.18. The minimum absolute atomic E-state index is 0.00409. The molecule has 0 atom stereocenters. The average molecular weight is 386 g/mol. The lowest BCUT2D eigenvalue weighted by molar-refractivity contribution is -0.131. The molecule has 1 saturated heterocycles. The van der Waals surface area contributed by atoms with Crippen LogP contribution in [0.5, 0.6) is 0 Å². The van der Waals surface area contributed by atoms with Gasteiger partial charge in [0.15, 0.2) is 5.65 Å². The number of nitrogens with zero attached hydrogens (tertiary/aromatic N) is 5. The Morgan fingerprint density at radius 2 is 1.93 bits per heavy atom. The van der Waals surface area contributed by atoms with E-state index in [0.29, 0.717) is 16.1 Å². The molecular formula is C19H20ClN5O2. The van der Waals surface area contributed by atoms with Gasteiger partial charge in [-0.1, -0.05) is 30.5 Å². The van der Waals surface area contributed by atoms with E-state index in [1.54, 1.807) is 16.8 Å². The molecule has 1 amide bonds. The number of benzene rings is 1. The first kappa shape index (κ1) is 17.7. The molecule has 0 saturated carbocycles. The highest BCUT2D eigenvalue weighted by Crippen LogP contribution is 2.17. The van der Waals surface area contributed by atoms with Crippen LogP contribution in [0.25, 0.3) is 16.7 Å². The number of fused-ring (bicyclic) bond motifs is 1. The number of likely N-dealkylation sites (tertiary alicyclic amines) is 1. The first-order valence-corrected chi connectivity index (χ1v) is 9.48. The van der Waals surface area contributed by atoms with Crippen LogP contribution in [-0.2, 0) is 11.3 Å². The Labute approximate surface area is 161 Å². The second kappa shape index (κ2) is 7.52. The van der Waals surface area contributed by atoms with Crippen molar-refractivity contribution in [3.63, 3.8) is 0 Å². The molecule has 4 rings (SSSR count). The number of hydrogen-bond donors (Lipinski definition) is 0. The van der Waals surface area contributed by atoms with E-state index >= 15 is 0 Å². The number of carbonyl (C=O) groups is 1. The normalized spacial score (nSPS) is 15.1. The fourth-order valence-electron chi connectivity index (χ4n) is 3.42. The van der Waals surface area contributed by atoms with Gasteiger partial charge in [0.1, 0.15) is 18.3 Å². The standard InChI is InChI=1S/C19H20ClN5O2/c20-14-6-5-7-15(10-14)25-18-16(11-22-25)19(27)24(13-21-18)12-17(26)23-8-3-1-2-4-9-23/h5-7,10-11,13H,1-4,8-9,12H2. The Morgan fingerprint density at radius 1 is 1.15 bits per heavy atom. The Bertz CT molecular complexity index is 1030. The largest absolute Gasteiger partial charge is 0.341 e. The molecular weight excluding hydrogens is 366 g/mol. The summed E-state index contributed by atoms with van der Waals surface area (Å²) >= 11 is 6.04. The van der Waals surface area contributed by atoms with E-state index in [1.807, 2.05) is 17.0 Å². The smallest absolute Gasteiger partial charge is 0.264 e. The highest BCUT2D eigenvalue weighted by Gasteiger charge is 2.18. The topological polar surface area (TPSA) is 73.0 Å². The van der Waals surface area contributed by atoms with Gasteiger partial charge in [-0.2, -0.15) is 5.10 Å². The number of carbonyl (C=O) groups excluding carboxylic acids is 1. The summed E-state index contributed by atoms with van der Waals surface area (Å²) in [7, 11) is 0. The zero-order chi connectivity index (χ0) is 18.8. The van der Waals surface area contributed by atoms with Crippen LogP contribution in [0, 0.1) is 0 Å². The predicted molar refractivity (Wildman–Crippen MR) is 103 cm³/mol. The maximum absolute atomic E-state index is 12.8. The lowest BCUT2D eigenvalue weighted by atomic mass is 10.2. The van der Waals surface area contributed by atoms with Gasteiger partial charge in [0, 0.05) is 18.1 Å². The molecule has 2 aromatic heterocycles. The van der Waals surface area contributed by atoms with E-state index in [1.165, 1.54) is 17.1 Å². The van der Waals surface area contributed by atoms with Crippen LogP contribution in [-0.4, -0.2) is 43.2 Å². The van der Waals surface area contributed by atoms with Crippen LogP contribution in [0.2, 0.25) is 5.02 Å². The van der Waals surface area contributed by atoms with Crippen LogP contribution in [0.4, 0.5) is 0 Å². The first-order chi connectivity index (χ1) is 13.1. The monoisotopic (exact) mass is 385 g/mol. The molecule has 0 radical (unpaired) electrons. The summed E-state index contributed by atoms with van der Waals surface area (Å²) < 4.78 is 2.93. The van der Waals surface area contributed by atoms with E-state index < -0.39 is 0 Å². The van der Waals surface area contributed by atoms with Gasteiger partial charge < -0.3 is 4.90 Å². The molecule has 3 aromatic rings. The average Bonchev–Trinajstić information content (AvgIpc) is 2.91. The Balaban J connectivity index is 1.63. The number of halogens is 1. The molecule has 0 bridgehead atoms. The van der Waals surface area contributed by atoms with Crippen molar-refractivity contribution >= 4 is 28.5 Å². The first-order valence-electron chi connectivity index (χ1n) is 9.10. The van der Waals surface area contributed by atoms with Gasteiger partial charge >= 0.3 is 0 Å². The molecule has 1 aliphatic heterocycles. The molecule has 8 heteroatoms. The van der Waals surface area contributed by atoms with Crippen molar-refractivity contribution in [2.24, 2.45) is 0 Å². The van der Waals surface area contributed by atoms with Gasteiger partial charge in [-0.3, -0.25) is 14.2 Å². The Hall–Kier alpha value is -2.67. The van der Waals surface area contributed by atoms with Crippen molar-refractivity contribution in [1.29, 1.82) is 0 Å². The van der Waals surface area contributed by atoms with E-state index in [0.717, 1.165) is 44.5 Å². The fourth-order valence-corrected chi connectivity index (χ4v) is 3.61. The Kier molecular flexibility index (Phi) is 4.94. The van der Waals surface area contributed by atoms with Crippen molar-refractivity contribution < 1.29 is 4.79 Å². The third kappa shape index (κ3) is 3.60. The van der Waals surface area contributed by atoms with Gasteiger partial charge in [0.25, 0.3) is 5.56 Å². The molecule has 3 heterocycles. The molecule has 140 valence electrons. The van der Waals surface area contributed by atoms with Crippen molar-refractivity contribution in [1.82, 2.24) is 24.2 Å². The molecule has 27 heavy (non-hydrogen) atoms. The quantitative estimate of drug-likeness (QED) is 0.694. The zero-order valence-corrected chi connectivity index (χ0v) is 15.6. The van der Waals surface area contributed by atoms with Crippen molar-refractivity contribution in [2.45, 2.75) is 32.2 Å². The maximum Gasteiger partial charge on any atom is 0.264 e. The number of rotatable bonds is 3. The van der Waals surface area contributed by atoms with Gasteiger partial charge in [0.05, 0.1) is 11.9 Å². The second-order valence-electron chi connectivity index (χ2n) is 6.75. The molecule has 0 aliphatic carbocycles. The molecule has 1 fully saturated rings. The highest BCUT2D eigenvalue weighted by atomic mass is 35.5. The number of amides is 1. The summed E-state index contributed by atoms with van der Waals surface area (Å²) in [5, 5.41) is 5.23. The minimum atomic E-state index is -0.267. The van der Waals surface area contributed by atoms with Crippen LogP contribution in [0.1, 0.15) is 25.7 Å². The lowest BCUT2D eigenvalue weighted by Crippen LogP contribution is -2.37. The minimum Gasteiger partial charge on any atom is -0.341 e. The number of aromatic nitrogens is 4. The Morgan fingerprint density at radius 3 is 2.67 bits per heavy atom. The summed E-state index contributed by atoms with van der Waals surface area (Å²) in [6.45, 7) is 1.52. The predicted octanol–water partition coefficient (Wildman–Crippen LogP) is 2.64. The van der Waals surface area contributed by atoms with Gasteiger partial charge in [-0.25, -0.2) is 9.67 Å². The fraction of sp³-hybridized carbons (Fsp3) is 0.368. The molecule has 7 nitrogen and oxygen atoms in total. The SMILES string of the molecule is O=C(Cn1cnc2c(cnn2-c2cccc(Cl)c2)c1=O)N1CCCCCC1. The number of hydrogen-bond acceptors (Lipinski definition) is 4. The van der Waals surface area contributed by atoms with Crippen LogP contribution in [0.3, 0.4) is 0 Å². The molecule has 0 N–H and O–H groups in total. The summed E-state index contributed by atoms with van der Waals surface area (Å²) in [5.41, 5.74) is 0.903. The van der Waals surface area contributed by atoms with Gasteiger partial charge in [0.2, 0.25) is 5.91 Å². The van der Waals surface area contributed by atoms with Crippen LogP contribution < -0.4 is 5.56 Å².